The van der Waals surface area contributed by atoms with Crippen LogP contribution < -0.4 is 0 Å². The number of nitrogens with zero attached hydrogens (tertiary/aromatic N) is 1. The molecule has 1 aliphatic rings. The summed E-state index contributed by atoms with van der Waals surface area (Å²) in [6.45, 7) is 3.67. The number of carbonyl (C=O) groups excluding carboxylic acids is 1. The molecule has 0 aliphatic carbocycles. The van der Waals surface area contributed by atoms with E-state index in [9.17, 15) is 13.6 Å². The van der Waals surface area contributed by atoms with Gasteiger partial charge in [0.25, 0.3) is 6.43 Å². The Kier molecular flexibility index (Phi) is 3.36. The van der Waals surface area contributed by atoms with E-state index in [0.717, 1.165) is 11.0 Å². The Morgan fingerprint density at radius 3 is 2.92 bits per heavy atom. The third kappa shape index (κ3) is 2.24. The minimum atomic E-state index is -2.57. The van der Waals surface area contributed by atoms with E-state index in [1.165, 1.54) is 0 Å². The van der Waals surface area contributed by atoms with Gasteiger partial charge in [0.05, 0.1) is 13.2 Å². The van der Waals surface area contributed by atoms with Gasteiger partial charge in [0.15, 0.2) is 0 Å². The van der Waals surface area contributed by atoms with Crippen LogP contribution in [-0.4, -0.2) is 43.0 Å². The molecular weight excluding hydrogens is 180 g/mol. The van der Waals surface area contributed by atoms with E-state index < -0.39 is 18.4 Å². The molecule has 0 saturated carbocycles. The Morgan fingerprint density at radius 1 is 1.69 bits per heavy atom. The van der Waals surface area contributed by atoms with Crippen LogP contribution in [0.3, 0.4) is 0 Å². The van der Waals surface area contributed by atoms with Crippen molar-refractivity contribution < 1.29 is 18.3 Å². The van der Waals surface area contributed by atoms with Gasteiger partial charge < -0.3 is 9.64 Å². The lowest BCUT2D eigenvalue weighted by molar-refractivity contribution is -0.141. The number of halogens is 2. The summed E-state index contributed by atoms with van der Waals surface area (Å²) < 4.78 is 29.6. The fourth-order valence-electron chi connectivity index (χ4n) is 1.22. The molecule has 0 spiro atoms. The van der Waals surface area contributed by atoms with E-state index in [4.69, 9.17) is 4.74 Å². The summed E-state index contributed by atoms with van der Waals surface area (Å²) >= 11 is 0. The van der Waals surface area contributed by atoms with Gasteiger partial charge in [0, 0.05) is 6.54 Å². The molecule has 1 aliphatic heterocycles. The summed E-state index contributed by atoms with van der Waals surface area (Å²) in [6, 6.07) is -1.13. The average molecular weight is 191 g/mol. The number of amides is 1. The first-order chi connectivity index (χ1) is 6.16. The van der Waals surface area contributed by atoms with Crippen molar-refractivity contribution in [2.24, 2.45) is 0 Å². The Bertz CT molecular complexity index is 208. The first kappa shape index (κ1) is 10.1. The molecule has 1 rings (SSSR count). The predicted molar refractivity (Wildman–Crippen MR) is 42.5 cm³/mol. The normalized spacial score (nSPS) is 23.3. The second-order valence-corrected chi connectivity index (χ2v) is 2.71. The predicted octanol–water partition coefficient (Wildman–Crippen LogP) is 0.665. The van der Waals surface area contributed by atoms with Crippen LogP contribution in [0.2, 0.25) is 0 Å². The van der Waals surface area contributed by atoms with Crippen LogP contribution in [0.15, 0.2) is 12.7 Å². The summed E-state index contributed by atoms with van der Waals surface area (Å²) in [5.74, 6) is -0.464. The summed E-state index contributed by atoms with van der Waals surface area (Å²) in [5.41, 5.74) is 0. The van der Waals surface area contributed by atoms with E-state index in [-0.39, 0.29) is 13.2 Å². The van der Waals surface area contributed by atoms with Crippen molar-refractivity contribution in [1.82, 2.24) is 4.90 Å². The highest BCUT2D eigenvalue weighted by Crippen LogP contribution is 2.14. The highest BCUT2D eigenvalue weighted by molar-refractivity contribution is 5.87. The second-order valence-electron chi connectivity index (χ2n) is 2.71. The third-order valence-electron chi connectivity index (χ3n) is 1.91. The van der Waals surface area contributed by atoms with Gasteiger partial charge in [-0.15, -0.1) is 0 Å². The highest BCUT2D eigenvalue weighted by atomic mass is 19.3. The van der Waals surface area contributed by atoms with Gasteiger partial charge in [-0.3, -0.25) is 4.79 Å². The highest BCUT2D eigenvalue weighted by Gasteiger charge is 2.32. The van der Waals surface area contributed by atoms with Crippen molar-refractivity contribution in [2.45, 2.75) is 12.5 Å². The Morgan fingerprint density at radius 2 is 2.38 bits per heavy atom. The van der Waals surface area contributed by atoms with E-state index in [2.05, 4.69) is 6.58 Å². The number of carbonyl (C=O) groups is 1. The molecule has 1 unspecified atom stereocenters. The van der Waals surface area contributed by atoms with E-state index in [1.54, 1.807) is 0 Å². The fourth-order valence-corrected chi connectivity index (χ4v) is 1.22. The molecule has 1 saturated heterocycles. The van der Waals surface area contributed by atoms with Crippen molar-refractivity contribution in [3.05, 3.63) is 12.7 Å². The Balaban J connectivity index is 2.66. The maximum absolute atomic E-state index is 12.4. The van der Waals surface area contributed by atoms with Crippen molar-refractivity contribution in [2.75, 3.05) is 19.8 Å². The van der Waals surface area contributed by atoms with Gasteiger partial charge >= 0.3 is 0 Å². The lowest BCUT2D eigenvalue weighted by Gasteiger charge is -2.34. The van der Waals surface area contributed by atoms with Crippen molar-refractivity contribution >= 4 is 5.91 Å². The van der Waals surface area contributed by atoms with Crippen molar-refractivity contribution in [1.29, 1.82) is 0 Å². The SMILES string of the molecule is C=CC(=O)N1CCOCC1C(F)F. The third-order valence-corrected chi connectivity index (χ3v) is 1.91. The van der Waals surface area contributed by atoms with Gasteiger partial charge in [0.1, 0.15) is 6.04 Å². The van der Waals surface area contributed by atoms with Crippen LogP contribution in [-0.2, 0) is 9.53 Å². The molecule has 0 aromatic carbocycles. The van der Waals surface area contributed by atoms with Gasteiger partial charge in [-0.2, -0.15) is 0 Å². The van der Waals surface area contributed by atoms with Gasteiger partial charge in [-0.05, 0) is 6.08 Å². The zero-order valence-electron chi connectivity index (χ0n) is 7.08. The number of alkyl halides is 2. The summed E-state index contributed by atoms with van der Waals surface area (Å²) in [5, 5.41) is 0. The van der Waals surface area contributed by atoms with Crippen LogP contribution >= 0.6 is 0 Å². The molecule has 1 amide bonds. The fraction of sp³-hybridized carbons (Fsp3) is 0.625. The molecule has 1 atom stereocenters. The molecule has 0 aromatic rings. The largest absolute Gasteiger partial charge is 0.377 e. The molecule has 0 bridgehead atoms. The lowest BCUT2D eigenvalue weighted by atomic mass is 10.2. The number of hydrogen-bond donors (Lipinski definition) is 0. The van der Waals surface area contributed by atoms with Crippen molar-refractivity contribution in [3.63, 3.8) is 0 Å². The molecule has 5 heteroatoms. The van der Waals surface area contributed by atoms with E-state index in [1.807, 2.05) is 0 Å². The smallest absolute Gasteiger partial charge is 0.260 e. The maximum Gasteiger partial charge on any atom is 0.260 e. The van der Waals surface area contributed by atoms with Gasteiger partial charge in [-0.1, -0.05) is 6.58 Å². The van der Waals surface area contributed by atoms with Crippen LogP contribution in [0.5, 0.6) is 0 Å². The Labute approximate surface area is 75.0 Å². The minimum absolute atomic E-state index is 0.1000. The molecule has 0 N–H and O–H groups in total. The number of morpholine rings is 1. The molecular formula is C8H11F2NO2. The van der Waals surface area contributed by atoms with Crippen LogP contribution in [0.25, 0.3) is 0 Å². The topological polar surface area (TPSA) is 29.5 Å². The van der Waals surface area contributed by atoms with Crippen LogP contribution in [0.4, 0.5) is 8.78 Å². The maximum atomic E-state index is 12.4. The van der Waals surface area contributed by atoms with Crippen LogP contribution in [0, 0.1) is 0 Å². The van der Waals surface area contributed by atoms with Gasteiger partial charge in [-0.25, -0.2) is 8.78 Å². The monoisotopic (exact) mass is 191 g/mol. The zero-order chi connectivity index (χ0) is 9.84. The van der Waals surface area contributed by atoms with E-state index in [0.29, 0.717) is 6.61 Å². The second kappa shape index (κ2) is 4.32. The zero-order valence-corrected chi connectivity index (χ0v) is 7.08. The van der Waals surface area contributed by atoms with E-state index >= 15 is 0 Å². The average Bonchev–Trinajstić information content (AvgIpc) is 2.16. The quantitative estimate of drug-likeness (QED) is 0.600. The molecule has 0 aromatic heterocycles. The standard InChI is InChI=1S/C8H11F2NO2/c1-2-7(12)11-3-4-13-5-6(11)8(9)10/h2,6,8H,1,3-5H2. The molecule has 74 valence electrons. The summed E-state index contributed by atoms with van der Waals surface area (Å²) in [6.07, 6.45) is -1.52. The first-order valence-electron chi connectivity index (χ1n) is 3.95. The number of rotatable bonds is 2. The van der Waals surface area contributed by atoms with Crippen molar-refractivity contribution in [3.8, 4) is 0 Å². The van der Waals surface area contributed by atoms with Gasteiger partial charge in [0.2, 0.25) is 5.91 Å². The number of ether oxygens (including phenoxy) is 1. The molecule has 1 heterocycles. The molecule has 13 heavy (non-hydrogen) atoms. The molecule has 1 fully saturated rings. The molecule has 0 radical (unpaired) electrons. The Hall–Kier alpha value is -0.970. The summed E-state index contributed by atoms with van der Waals surface area (Å²) in [4.78, 5) is 12.2. The minimum Gasteiger partial charge on any atom is -0.377 e. The van der Waals surface area contributed by atoms with Crippen LogP contribution in [0.1, 0.15) is 0 Å². The number of hydrogen-bond acceptors (Lipinski definition) is 2. The molecule has 3 nitrogen and oxygen atoms in total. The summed E-state index contributed by atoms with van der Waals surface area (Å²) in [7, 11) is 0. The first-order valence-corrected chi connectivity index (χ1v) is 3.95. The lowest BCUT2D eigenvalue weighted by Crippen LogP contribution is -2.51.